The van der Waals surface area contributed by atoms with Gasteiger partial charge in [0.05, 0.1) is 6.04 Å². The molecule has 2 aliphatic rings. The molecule has 2 fully saturated rings. The fraction of sp³-hybridized carbons (Fsp3) is 0.467. The average molecular weight is 504 g/mol. The third-order valence-corrected chi connectivity index (χ3v) is 7.58. The van der Waals surface area contributed by atoms with E-state index >= 15 is 0 Å². The highest BCUT2D eigenvalue weighted by Gasteiger charge is 2.30. The summed E-state index contributed by atoms with van der Waals surface area (Å²) in [5.41, 5.74) is 2.41. The zero-order valence-corrected chi connectivity index (χ0v) is 21.3. The van der Waals surface area contributed by atoms with E-state index in [1.165, 1.54) is 6.42 Å². The standard InChI is InChI=1S/C30H37N3O4/c34-20-26(19-25-15-8-16-31-28(25)35)32-30(37)27(17-21-9-3-1-4-10-21)33-29(36)24-14-7-13-23(18-24)22-11-5-2-6-12-22/h2,5-7,11-14,18,20-21,25-27H,1,3-4,8-10,15-17,19H2,(H,31,35)(H,32,37)(H,33,36)/t25?,26-,27-/m0/s1. The van der Waals surface area contributed by atoms with Crippen molar-refractivity contribution in [2.45, 2.75) is 69.9 Å². The molecule has 1 heterocycles. The van der Waals surface area contributed by atoms with Crippen LogP contribution in [0.3, 0.4) is 0 Å². The first-order valence-electron chi connectivity index (χ1n) is 13.5. The molecule has 0 spiro atoms. The van der Waals surface area contributed by atoms with Crippen molar-refractivity contribution in [1.82, 2.24) is 16.0 Å². The predicted molar refractivity (Wildman–Crippen MR) is 143 cm³/mol. The van der Waals surface area contributed by atoms with Gasteiger partial charge in [-0.1, -0.05) is 74.6 Å². The fourth-order valence-electron chi connectivity index (χ4n) is 5.50. The molecule has 7 nitrogen and oxygen atoms in total. The summed E-state index contributed by atoms with van der Waals surface area (Å²) >= 11 is 0. The average Bonchev–Trinajstić information content (AvgIpc) is 2.94. The number of aldehydes is 1. The summed E-state index contributed by atoms with van der Waals surface area (Å²) in [6.07, 6.45) is 8.57. The third-order valence-electron chi connectivity index (χ3n) is 7.58. The molecule has 1 unspecified atom stereocenters. The normalized spacial score (nSPS) is 19.8. The monoisotopic (exact) mass is 503 g/mol. The molecule has 1 aliphatic carbocycles. The van der Waals surface area contributed by atoms with Gasteiger partial charge in [0.25, 0.3) is 5.91 Å². The van der Waals surface area contributed by atoms with Crippen molar-refractivity contribution in [2.75, 3.05) is 6.54 Å². The second kappa shape index (κ2) is 13.2. The maximum Gasteiger partial charge on any atom is 0.251 e. The summed E-state index contributed by atoms with van der Waals surface area (Å²) in [6.45, 7) is 0.647. The summed E-state index contributed by atoms with van der Waals surface area (Å²) in [7, 11) is 0. The number of amides is 3. The SMILES string of the molecule is O=C[C@H](CC1CCCNC1=O)NC(=O)[C@H](CC1CCCCC1)NC(=O)c1cccc(-c2ccccc2)c1. The molecule has 0 radical (unpaired) electrons. The van der Waals surface area contributed by atoms with Gasteiger partial charge in [0.2, 0.25) is 11.8 Å². The van der Waals surface area contributed by atoms with Crippen molar-refractivity contribution in [3.8, 4) is 11.1 Å². The zero-order valence-electron chi connectivity index (χ0n) is 21.3. The Hall–Kier alpha value is -3.48. The van der Waals surface area contributed by atoms with E-state index in [4.69, 9.17) is 0 Å². The highest BCUT2D eigenvalue weighted by molar-refractivity contribution is 5.98. The van der Waals surface area contributed by atoms with Crippen LogP contribution in [0.5, 0.6) is 0 Å². The second-order valence-electron chi connectivity index (χ2n) is 10.3. The molecule has 1 saturated heterocycles. The van der Waals surface area contributed by atoms with E-state index in [1.54, 1.807) is 6.07 Å². The summed E-state index contributed by atoms with van der Waals surface area (Å²) < 4.78 is 0. The summed E-state index contributed by atoms with van der Waals surface area (Å²) in [5, 5.41) is 8.60. The molecule has 2 aromatic carbocycles. The lowest BCUT2D eigenvalue weighted by Gasteiger charge is -2.28. The molecule has 3 atom stereocenters. The zero-order chi connectivity index (χ0) is 26.0. The molecular formula is C30H37N3O4. The van der Waals surface area contributed by atoms with Crippen molar-refractivity contribution < 1.29 is 19.2 Å². The van der Waals surface area contributed by atoms with E-state index in [0.29, 0.717) is 37.2 Å². The van der Waals surface area contributed by atoms with Crippen molar-refractivity contribution >= 4 is 24.0 Å². The first-order valence-corrected chi connectivity index (χ1v) is 13.5. The van der Waals surface area contributed by atoms with Gasteiger partial charge in [-0.25, -0.2) is 0 Å². The second-order valence-corrected chi connectivity index (χ2v) is 10.3. The number of hydrogen-bond donors (Lipinski definition) is 3. The number of nitrogens with one attached hydrogen (secondary N) is 3. The van der Waals surface area contributed by atoms with Crippen LogP contribution < -0.4 is 16.0 Å². The summed E-state index contributed by atoms with van der Waals surface area (Å²) in [4.78, 5) is 50.6. The van der Waals surface area contributed by atoms with Crippen molar-refractivity contribution in [3.63, 3.8) is 0 Å². The number of carbonyl (C=O) groups excluding carboxylic acids is 4. The number of hydrogen-bond acceptors (Lipinski definition) is 4. The highest BCUT2D eigenvalue weighted by Crippen LogP contribution is 2.28. The lowest BCUT2D eigenvalue weighted by Crippen LogP contribution is -2.52. The quantitative estimate of drug-likeness (QED) is 0.426. The molecule has 0 aromatic heterocycles. The Labute approximate surface area is 218 Å². The Kier molecular flexibility index (Phi) is 9.46. The van der Waals surface area contributed by atoms with E-state index in [1.807, 2.05) is 48.5 Å². The minimum absolute atomic E-state index is 0.0716. The first-order chi connectivity index (χ1) is 18.0. The van der Waals surface area contributed by atoms with E-state index in [9.17, 15) is 19.2 Å². The molecule has 4 rings (SSSR count). The van der Waals surface area contributed by atoms with Gasteiger partial charge in [0.1, 0.15) is 12.3 Å². The molecule has 7 heteroatoms. The molecule has 37 heavy (non-hydrogen) atoms. The van der Waals surface area contributed by atoms with E-state index in [2.05, 4.69) is 16.0 Å². The van der Waals surface area contributed by atoms with E-state index in [0.717, 1.165) is 43.2 Å². The van der Waals surface area contributed by atoms with Crippen molar-refractivity contribution in [3.05, 3.63) is 60.2 Å². The minimum atomic E-state index is -0.770. The van der Waals surface area contributed by atoms with Gasteiger partial charge < -0.3 is 20.7 Å². The van der Waals surface area contributed by atoms with Crippen molar-refractivity contribution in [2.24, 2.45) is 11.8 Å². The van der Waals surface area contributed by atoms with Crippen LogP contribution >= 0.6 is 0 Å². The van der Waals surface area contributed by atoms with Gasteiger partial charge >= 0.3 is 0 Å². The summed E-state index contributed by atoms with van der Waals surface area (Å²) in [6, 6.07) is 15.7. The molecule has 196 valence electrons. The molecular weight excluding hydrogens is 466 g/mol. The van der Waals surface area contributed by atoms with Crippen molar-refractivity contribution in [1.29, 1.82) is 0 Å². The topological polar surface area (TPSA) is 104 Å². The van der Waals surface area contributed by atoms with Crippen LogP contribution in [0.25, 0.3) is 11.1 Å². The lowest BCUT2D eigenvalue weighted by atomic mass is 9.84. The lowest BCUT2D eigenvalue weighted by molar-refractivity contribution is -0.129. The van der Waals surface area contributed by atoms with Crippen LogP contribution in [0.1, 0.15) is 68.1 Å². The number of piperidine rings is 1. The van der Waals surface area contributed by atoms with Gasteiger partial charge in [-0.05, 0) is 54.9 Å². The molecule has 1 aliphatic heterocycles. The highest BCUT2D eigenvalue weighted by atomic mass is 16.2. The molecule has 0 bridgehead atoms. The van der Waals surface area contributed by atoms with Gasteiger partial charge in [0, 0.05) is 18.0 Å². The molecule has 3 amide bonds. The Morgan fingerprint density at radius 1 is 0.892 bits per heavy atom. The molecule has 1 saturated carbocycles. The van der Waals surface area contributed by atoms with Gasteiger partial charge in [-0.2, -0.15) is 0 Å². The maximum absolute atomic E-state index is 13.4. The Morgan fingerprint density at radius 3 is 2.38 bits per heavy atom. The minimum Gasteiger partial charge on any atom is -0.356 e. The first kappa shape index (κ1) is 26.6. The predicted octanol–water partition coefficient (Wildman–Crippen LogP) is 4.02. The summed E-state index contributed by atoms with van der Waals surface area (Å²) in [5.74, 6) is -0.706. The van der Waals surface area contributed by atoms with E-state index in [-0.39, 0.29) is 30.1 Å². The van der Waals surface area contributed by atoms with Gasteiger partial charge in [0.15, 0.2) is 0 Å². The smallest absolute Gasteiger partial charge is 0.251 e. The fourth-order valence-corrected chi connectivity index (χ4v) is 5.50. The van der Waals surface area contributed by atoms with Crippen LogP contribution in [0.15, 0.2) is 54.6 Å². The number of benzene rings is 2. The van der Waals surface area contributed by atoms with Crippen LogP contribution in [0.4, 0.5) is 0 Å². The molecule has 3 N–H and O–H groups in total. The number of carbonyl (C=O) groups is 4. The van der Waals surface area contributed by atoms with Crippen LogP contribution in [0.2, 0.25) is 0 Å². The van der Waals surface area contributed by atoms with Crippen LogP contribution in [-0.2, 0) is 14.4 Å². The third kappa shape index (κ3) is 7.51. The number of rotatable bonds is 10. The Balaban J connectivity index is 1.46. The van der Waals surface area contributed by atoms with Gasteiger partial charge in [-0.3, -0.25) is 14.4 Å². The maximum atomic E-state index is 13.4. The van der Waals surface area contributed by atoms with Crippen LogP contribution in [0, 0.1) is 11.8 Å². The molecule has 2 aromatic rings. The van der Waals surface area contributed by atoms with E-state index < -0.39 is 12.1 Å². The largest absolute Gasteiger partial charge is 0.356 e. The Bertz CT molecular complexity index is 1080. The Morgan fingerprint density at radius 2 is 1.65 bits per heavy atom. The van der Waals surface area contributed by atoms with Crippen LogP contribution in [-0.4, -0.2) is 42.6 Å². The van der Waals surface area contributed by atoms with Gasteiger partial charge in [-0.15, -0.1) is 0 Å².